The first kappa shape index (κ1) is 21.6. The number of nitrogens with one attached hydrogen (secondary N) is 1. The number of alkyl halides is 3. The molecule has 0 saturated heterocycles. The molecule has 1 N–H and O–H groups in total. The summed E-state index contributed by atoms with van der Waals surface area (Å²) in [6.07, 6.45) is -2.24. The Kier molecular flexibility index (Phi) is 5.76. The summed E-state index contributed by atoms with van der Waals surface area (Å²) < 4.78 is 69.4. The van der Waals surface area contributed by atoms with Gasteiger partial charge in [-0.1, -0.05) is 18.2 Å². The van der Waals surface area contributed by atoms with E-state index in [9.17, 15) is 26.4 Å². The Morgan fingerprint density at radius 2 is 1.80 bits per heavy atom. The van der Waals surface area contributed by atoms with Crippen LogP contribution in [0.4, 0.5) is 13.2 Å². The van der Waals surface area contributed by atoms with Crippen molar-refractivity contribution in [2.75, 3.05) is 12.9 Å². The van der Waals surface area contributed by atoms with E-state index >= 15 is 0 Å². The minimum atomic E-state index is -4.64. The zero-order valence-electron chi connectivity index (χ0n) is 16.1. The summed E-state index contributed by atoms with van der Waals surface area (Å²) in [5.74, 6) is -0.548. The zero-order valence-corrected chi connectivity index (χ0v) is 16.9. The van der Waals surface area contributed by atoms with Crippen molar-refractivity contribution in [3.8, 4) is 22.4 Å². The first-order valence-corrected chi connectivity index (χ1v) is 10.8. The van der Waals surface area contributed by atoms with Gasteiger partial charge >= 0.3 is 12.1 Å². The van der Waals surface area contributed by atoms with E-state index in [1.807, 2.05) is 0 Å². The van der Waals surface area contributed by atoms with Crippen LogP contribution in [0.1, 0.15) is 22.8 Å². The van der Waals surface area contributed by atoms with Crippen molar-refractivity contribution in [3.63, 3.8) is 0 Å². The highest BCUT2D eigenvalue weighted by Crippen LogP contribution is 2.39. The van der Waals surface area contributed by atoms with Crippen molar-refractivity contribution >= 4 is 15.8 Å². The maximum Gasteiger partial charge on any atom is 0.417 e. The fourth-order valence-electron chi connectivity index (χ4n) is 2.99. The summed E-state index contributed by atoms with van der Waals surface area (Å²) in [7, 11) is -3.59. The minimum Gasteiger partial charge on any atom is -0.462 e. The molecule has 5 nitrogen and oxygen atoms in total. The van der Waals surface area contributed by atoms with Gasteiger partial charge in [0, 0.05) is 18.1 Å². The Balaban J connectivity index is 2.14. The molecule has 0 spiro atoms. The Bertz CT molecular complexity index is 1200. The Morgan fingerprint density at radius 3 is 2.43 bits per heavy atom. The molecule has 0 aliphatic carbocycles. The first-order chi connectivity index (χ1) is 14.0. The van der Waals surface area contributed by atoms with Gasteiger partial charge in [0.05, 0.1) is 22.6 Å². The highest BCUT2D eigenvalue weighted by Gasteiger charge is 2.34. The molecular weight excluding hydrogens is 419 g/mol. The second-order valence-electron chi connectivity index (χ2n) is 6.58. The third kappa shape index (κ3) is 4.56. The van der Waals surface area contributed by atoms with Crippen molar-refractivity contribution in [3.05, 3.63) is 65.9 Å². The molecule has 0 aliphatic rings. The topological polar surface area (TPSA) is 76.2 Å². The van der Waals surface area contributed by atoms with Crippen molar-refractivity contribution in [2.45, 2.75) is 18.0 Å². The van der Waals surface area contributed by atoms with Gasteiger partial charge in [-0.3, -0.25) is 0 Å². The molecule has 0 fully saturated rings. The molecule has 3 aromatic rings. The third-order valence-electron chi connectivity index (χ3n) is 4.40. The number of aromatic amines is 1. The average Bonchev–Trinajstić information content (AvgIpc) is 3.17. The number of halogens is 3. The molecule has 0 amide bonds. The number of benzene rings is 2. The molecule has 2 aromatic carbocycles. The molecule has 30 heavy (non-hydrogen) atoms. The van der Waals surface area contributed by atoms with Crippen LogP contribution < -0.4 is 0 Å². The normalized spacial score (nSPS) is 12.0. The molecule has 0 atom stereocenters. The summed E-state index contributed by atoms with van der Waals surface area (Å²) in [6.45, 7) is 1.86. The Labute approximate surface area is 171 Å². The molecule has 0 saturated carbocycles. The molecule has 1 heterocycles. The van der Waals surface area contributed by atoms with Gasteiger partial charge in [-0.25, -0.2) is 13.2 Å². The Morgan fingerprint density at radius 1 is 1.07 bits per heavy atom. The van der Waals surface area contributed by atoms with Gasteiger partial charge in [-0.2, -0.15) is 13.2 Å². The number of esters is 1. The monoisotopic (exact) mass is 437 g/mol. The smallest absolute Gasteiger partial charge is 0.417 e. The number of hydrogen-bond acceptors (Lipinski definition) is 4. The van der Waals surface area contributed by atoms with E-state index in [-0.39, 0.29) is 28.2 Å². The van der Waals surface area contributed by atoms with Crippen LogP contribution in [0.15, 0.2) is 59.6 Å². The summed E-state index contributed by atoms with van der Waals surface area (Å²) in [5, 5.41) is 0. The van der Waals surface area contributed by atoms with Gasteiger partial charge in [-0.15, -0.1) is 0 Å². The number of hydrogen-bond donors (Lipinski definition) is 1. The van der Waals surface area contributed by atoms with Gasteiger partial charge < -0.3 is 9.72 Å². The van der Waals surface area contributed by atoms with Crippen LogP contribution in [0.5, 0.6) is 0 Å². The third-order valence-corrected chi connectivity index (χ3v) is 5.51. The molecule has 0 bridgehead atoms. The van der Waals surface area contributed by atoms with E-state index in [4.69, 9.17) is 4.74 Å². The summed E-state index contributed by atoms with van der Waals surface area (Å²) >= 11 is 0. The SMILES string of the molecule is CCOC(=O)c1c[nH]c(-c2ccc(C(F)(F)F)c(-c3cccc(S(C)(=O)=O)c3)c2)c1. The van der Waals surface area contributed by atoms with Crippen LogP contribution in [0.3, 0.4) is 0 Å². The number of H-pyrrole nitrogens is 1. The highest BCUT2D eigenvalue weighted by atomic mass is 32.2. The van der Waals surface area contributed by atoms with Gasteiger partial charge in [0.25, 0.3) is 0 Å². The molecule has 1 aromatic heterocycles. The van der Waals surface area contributed by atoms with Gasteiger partial charge in [-0.05, 0) is 53.9 Å². The van der Waals surface area contributed by atoms with Gasteiger partial charge in [0.15, 0.2) is 9.84 Å². The highest BCUT2D eigenvalue weighted by molar-refractivity contribution is 7.90. The lowest BCUT2D eigenvalue weighted by molar-refractivity contribution is -0.137. The molecular formula is C21H18F3NO4S. The Hall–Kier alpha value is -3.07. The van der Waals surface area contributed by atoms with Crippen LogP contribution in [0, 0.1) is 0 Å². The zero-order chi connectivity index (χ0) is 22.1. The number of carbonyl (C=O) groups excluding carboxylic acids is 1. The molecule has 0 aliphatic heterocycles. The molecule has 0 radical (unpaired) electrons. The maximum absolute atomic E-state index is 13.6. The molecule has 0 unspecified atom stereocenters. The van der Waals surface area contributed by atoms with E-state index in [1.54, 1.807) is 6.92 Å². The van der Waals surface area contributed by atoms with Crippen molar-refractivity contribution in [2.24, 2.45) is 0 Å². The lowest BCUT2D eigenvalue weighted by Gasteiger charge is -2.15. The minimum absolute atomic E-state index is 0.0806. The summed E-state index contributed by atoms with van der Waals surface area (Å²) in [5.41, 5.74) is 0.120. The van der Waals surface area contributed by atoms with E-state index < -0.39 is 27.5 Å². The van der Waals surface area contributed by atoms with E-state index in [1.165, 1.54) is 48.7 Å². The number of rotatable bonds is 5. The number of sulfone groups is 1. The van der Waals surface area contributed by atoms with Crippen molar-refractivity contribution in [1.29, 1.82) is 0 Å². The lowest BCUT2D eigenvalue weighted by Crippen LogP contribution is -2.07. The molecule has 9 heteroatoms. The van der Waals surface area contributed by atoms with Crippen LogP contribution in [0.2, 0.25) is 0 Å². The van der Waals surface area contributed by atoms with E-state index in [0.717, 1.165) is 12.3 Å². The summed E-state index contributed by atoms with van der Waals surface area (Å²) in [4.78, 5) is 14.6. The van der Waals surface area contributed by atoms with Crippen molar-refractivity contribution in [1.82, 2.24) is 4.98 Å². The van der Waals surface area contributed by atoms with Crippen LogP contribution >= 0.6 is 0 Å². The predicted molar refractivity (Wildman–Crippen MR) is 106 cm³/mol. The van der Waals surface area contributed by atoms with Crippen LogP contribution in [-0.4, -0.2) is 32.2 Å². The molecule has 158 valence electrons. The number of ether oxygens (including phenoxy) is 1. The van der Waals surface area contributed by atoms with E-state index in [2.05, 4.69) is 4.98 Å². The first-order valence-electron chi connectivity index (χ1n) is 8.88. The van der Waals surface area contributed by atoms with Crippen LogP contribution in [0.25, 0.3) is 22.4 Å². The largest absolute Gasteiger partial charge is 0.462 e. The fraction of sp³-hybridized carbons (Fsp3) is 0.190. The van der Waals surface area contributed by atoms with Crippen molar-refractivity contribution < 1.29 is 31.1 Å². The number of aromatic nitrogens is 1. The van der Waals surface area contributed by atoms with E-state index in [0.29, 0.717) is 11.3 Å². The predicted octanol–water partition coefficient (Wildman–Crippen LogP) is 4.95. The fourth-order valence-corrected chi connectivity index (χ4v) is 3.65. The second kappa shape index (κ2) is 7.98. The summed E-state index contributed by atoms with van der Waals surface area (Å²) in [6, 6.07) is 10.4. The standard InChI is InChI=1S/C21H18F3NO4S/c1-3-29-20(26)15-11-19(25-12-15)14-7-8-18(21(22,23)24)17(10-14)13-5-4-6-16(9-13)30(2,27)28/h4-12,25H,3H2,1-2H3. The van der Waals surface area contributed by atoms with Gasteiger partial charge in [0.1, 0.15) is 0 Å². The quantitative estimate of drug-likeness (QED) is 0.573. The van der Waals surface area contributed by atoms with Crippen LogP contribution in [-0.2, 0) is 20.8 Å². The average molecular weight is 437 g/mol. The number of carbonyl (C=O) groups is 1. The lowest BCUT2D eigenvalue weighted by atomic mass is 9.96. The second-order valence-corrected chi connectivity index (χ2v) is 8.60. The maximum atomic E-state index is 13.6. The van der Waals surface area contributed by atoms with Gasteiger partial charge in [0.2, 0.25) is 0 Å². The molecule has 3 rings (SSSR count).